The monoisotopic (exact) mass is 505 g/mol. The molecule has 37 heavy (non-hydrogen) atoms. The predicted octanol–water partition coefficient (Wildman–Crippen LogP) is 2.68. The summed E-state index contributed by atoms with van der Waals surface area (Å²) in [5, 5.41) is 8.57. The van der Waals surface area contributed by atoms with E-state index in [0.29, 0.717) is 54.2 Å². The first-order valence-electron chi connectivity index (χ1n) is 12.0. The molecule has 1 aliphatic rings. The number of benzene rings is 1. The lowest BCUT2D eigenvalue weighted by Crippen LogP contribution is -2.35. The molecule has 1 aromatic carbocycles. The van der Waals surface area contributed by atoms with Crippen molar-refractivity contribution < 1.29 is 19.1 Å². The molecule has 3 heterocycles. The topological polar surface area (TPSA) is 131 Å². The Bertz CT molecular complexity index is 1270. The highest BCUT2D eigenvalue weighted by molar-refractivity contribution is 6.10. The Morgan fingerprint density at radius 2 is 1.84 bits per heavy atom. The highest BCUT2D eigenvalue weighted by Gasteiger charge is 2.21. The summed E-state index contributed by atoms with van der Waals surface area (Å²) >= 11 is 0. The first-order chi connectivity index (χ1) is 17.9. The van der Waals surface area contributed by atoms with E-state index < -0.39 is 5.91 Å². The number of para-hydroxylation sites is 1. The number of methoxy groups -OCH3 is 1. The zero-order valence-corrected chi connectivity index (χ0v) is 21.4. The zero-order chi connectivity index (χ0) is 26.4. The molecule has 3 N–H and O–H groups in total. The molecule has 0 saturated carbocycles. The number of hydrogen-bond donors (Lipinski definition) is 3. The number of rotatable bonds is 8. The Morgan fingerprint density at radius 1 is 1.05 bits per heavy atom. The Balaban J connectivity index is 1.62. The number of hydrogen-bond acceptors (Lipinski definition) is 9. The number of ether oxygens (including phenoxy) is 2. The molecule has 3 aromatic rings. The average molecular weight is 506 g/mol. The molecule has 2 amide bonds. The average Bonchev–Trinajstić information content (AvgIpc) is 2.88. The Hall–Kier alpha value is -4.09. The lowest BCUT2D eigenvalue weighted by molar-refractivity contribution is 0.0338. The lowest BCUT2D eigenvalue weighted by atomic mass is 10.1. The number of nitrogens with one attached hydrogen (secondary N) is 3. The Morgan fingerprint density at radius 3 is 2.54 bits per heavy atom. The first-order valence-corrected chi connectivity index (χ1v) is 12.0. The molecule has 0 aliphatic carbocycles. The van der Waals surface area contributed by atoms with Crippen LogP contribution in [0.15, 0.2) is 36.5 Å². The number of carbonyl (C=O) groups is 2. The Kier molecular flexibility index (Phi) is 8.26. The molecular formula is C26H31N7O4. The summed E-state index contributed by atoms with van der Waals surface area (Å²) in [5.74, 6) is 1.29. The van der Waals surface area contributed by atoms with Gasteiger partial charge < -0.3 is 25.4 Å². The highest BCUT2D eigenvalue weighted by Crippen LogP contribution is 2.28. The van der Waals surface area contributed by atoms with Crippen LogP contribution in [-0.4, -0.2) is 72.1 Å². The van der Waals surface area contributed by atoms with E-state index in [-0.39, 0.29) is 11.5 Å². The predicted molar refractivity (Wildman–Crippen MR) is 139 cm³/mol. The van der Waals surface area contributed by atoms with Gasteiger partial charge in [-0.05, 0) is 19.9 Å². The molecule has 0 bridgehead atoms. The lowest BCUT2D eigenvalue weighted by Gasteiger charge is -2.27. The minimum absolute atomic E-state index is 0.222. The van der Waals surface area contributed by atoms with Gasteiger partial charge in [-0.2, -0.15) is 0 Å². The number of aryl methyl sites for hydroxylation is 2. The second kappa shape index (κ2) is 11.8. The number of carbonyl (C=O) groups excluding carboxylic acids is 2. The number of anilines is 3. The van der Waals surface area contributed by atoms with E-state index in [4.69, 9.17) is 9.47 Å². The summed E-state index contributed by atoms with van der Waals surface area (Å²) < 4.78 is 11.1. The summed E-state index contributed by atoms with van der Waals surface area (Å²) in [6.07, 6.45) is 1.41. The largest absolute Gasteiger partial charge is 0.496 e. The van der Waals surface area contributed by atoms with Crippen molar-refractivity contribution >= 4 is 29.1 Å². The van der Waals surface area contributed by atoms with E-state index >= 15 is 0 Å². The van der Waals surface area contributed by atoms with Crippen molar-refractivity contribution in [3.8, 4) is 5.75 Å². The van der Waals surface area contributed by atoms with E-state index in [9.17, 15) is 9.59 Å². The number of amides is 2. The molecule has 0 radical (unpaired) electrons. The number of nitrogens with zero attached hydrogens (tertiary/aromatic N) is 4. The number of aromatic nitrogens is 3. The van der Waals surface area contributed by atoms with Crippen LogP contribution in [0.4, 0.5) is 17.3 Å². The number of pyridine rings is 1. The first kappa shape index (κ1) is 26.0. The zero-order valence-electron chi connectivity index (χ0n) is 21.4. The van der Waals surface area contributed by atoms with Crippen LogP contribution >= 0.6 is 0 Å². The minimum atomic E-state index is -0.406. The van der Waals surface area contributed by atoms with Crippen molar-refractivity contribution in [1.29, 1.82) is 0 Å². The van der Waals surface area contributed by atoms with Crippen LogP contribution < -0.4 is 20.7 Å². The molecule has 1 saturated heterocycles. The Labute approximate surface area is 215 Å². The van der Waals surface area contributed by atoms with Crippen LogP contribution in [0.3, 0.4) is 0 Å². The SMILES string of the molecule is CNC(=O)c1cnc(Nc2cc(C)nc(C)n2)cc1NC(=O)c1cccc(CN2CCOCC2)c1OC. The van der Waals surface area contributed by atoms with Crippen LogP contribution in [0.25, 0.3) is 0 Å². The fourth-order valence-electron chi connectivity index (χ4n) is 4.17. The summed E-state index contributed by atoms with van der Waals surface area (Å²) in [6, 6.07) is 8.85. The highest BCUT2D eigenvalue weighted by atomic mass is 16.5. The third kappa shape index (κ3) is 6.38. The van der Waals surface area contributed by atoms with Crippen LogP contribution in [0.5, 0.6) is 5.75 Å². The van der Waals surface area contributed by atoms with Crippen molar-refractivity contribution in [2.45, 2.75) is 20.4 Å². The molecule has 4 rings (SSSR count). The minimum Gasteiger partial charge on any atom is -0.496 e. The van der Waals surface area contributed by atoms with Crippen LogP contribution in [-0.2, 0) is 11.3 Å². The van der Waals surface area contributed by atoms with E-state index in [2.05, 4.69) is 35.8 Å². The fraction of sp³-hybridized carbons (Fsp3) is 0.346. The van der Waals surface area contributed by atoms with E-state index in [1.807, 2.05) is 19.1 Å². The summed E-state index contributed by atoms with van der Waals surface area (Å²) in [5.41, 5.74) is 2.58. The molecule has 11 heteroatoms. The molecule has 1 aliphatic heterocycles. The molecule has 0 unspecified atom stereocenters. The van der Waals surface area contributed by atoms with Gasteiger partial charge in [0, 0.05) is 56.3 Å². The van der Waals surface area contributed by atoms with Crippen LogP contribution in [0.1, 0.15) is 37.8 Å². The van der Waals surface area contributed by atoms with Gasteiger partial charge in [-0.1, -0.05) is 12.1 Å². The van der Waals surface area contributed by atoms with Gasteiger partial charge in [0.15, 0.2) is 0 Å². The van der Waals surface area contributed by atoms with Gasteiger partial charge in [0.05, 0.1) is 37.1 Å². The molecule has 2 aromatic heterocycles. The van der Waals surface area contributed by atoms with Crippen molar-refractivity contribution in [2.24, 2.45) is 0 Å². The molecule has 11 nitrogen and oxygen atoms in total. The fourth-order valence-corrected chi connectivity index (χ4v) is 4.17. The molecular weight excluding hydrogens is 474 g/mol. The van der Waals surface area contributed by atoms with Gasteiger partial charge in [-0.3, -0.25) is 14.5 Å². The van der Waals surface area contributed by atoms with Crippen molar-refractivity contribution in [3.63, 3.8) is 0 Å². The maximum atomic E-state index is 13.4. The normalized spacial score (nSPS) is 13.6. The van der Waals surface area contributed by atoms with Gasteiger partial charge in [0.1, 0.15) is 23.2 Å². The van der Waals surface area contributed by atoms with E-state index in [1.165, 1.54) is 13.2 Å². The molecule has 0 spiro atoms. The summed E-state index contributed by atoms with van der Waals surface area (Å²) in [6.45, 7) is 7.29. The quantitative estimate of drug-likeness (QED) is 0.423. The van der Waals surface area contributed by atoms with Crippen molar-refractivity contribution in [2.75, 3.05) is 51.1 Å². The van der Waals surface area contributed by atoms with Gasteiger partial charge in [-0.15, -0.1) is 0 Å². The number of morpholine rings is 1. The molecule has 0 atom stereocenters. The second-order valence-electron chi connectivity index (χ2n) is 8.60. The van der Waals surface area contributed by atoms with Crippen LogP contribution in [0, 0.1) is 13.8 Å². The molecule has 1 fully saturated rings. The van der Waals surface area contributed by atoms with Gasteiger partial charge >= 0.3 is 0 Å². The van der Waals surface area contributed by atoms with Crippen LogP contribution in [0.2, 0.25) is 0 Å². The van der Waals surface area contributed by atoms with Gasteiger partial charge in [0.2, 0.25) is 0 Å². The smallest absolute Gasteiger partial charge is 0.259 e. The molecule has 194 valence electrons. The van der Waals surface area contributed by atoms with Gasteiger partial charge in [0.25, 0.3) is 11.8 Å². The third-order valence-electron chi connectivity index (χ3n) is 5.89. The van der Waals surface area contributed by atoms with E-state index in [0.717, 1.165) is 24.3 Å². The standard InChI is InChI=1S/C26H31N7O4/c1-16-12-23(30-17(2)29-16)32-22-13-21(20(14-28-22)25(34)27-3)31-26(35)19-7-5-6-18(24(19)36-4)15-33-8-10-37-11-9-33/h5-7,12-14H,8-11,15H2,1-4H3,(H,27,34)(H2,28,29,30,31,32,35). The maximum Gasteiger partial charge on any atom is 0.259 e. The third-order valence-corrected chi connectivity index (χ3v) is 5.89. The van der Waals surface area contributed by atoms with E-state index in [1.54, 1.807) is 32.2 Å². The second-order valence-corrected chi connectivity index (χ2v) is 8.60. The van der Waals surface area contributed by atoms with Gasteiger partial charge in [-0.25, -0.2) is 15.0 Å². The van der Waals surface area contributed by atoms with Crippen molar-refractivity contribution in [3.05, 3.63) is 64.7 Å². The van der Waals surface area contributed by atoms with Crippen molar-refractivity contribution in [1.82, 2.24) is 25.2 Å². The summed E-state index contributed by atoms with van der Waals surface area (Å²) in [7, 11) is 3.07. The summed E-state index contributed by atoms with van der Waals surface area (Å²) in [4.78, 5) is 41.2. The maximum absolute atomic E-state index is 13.4.